The molecule has 5 nitrogen and oxygen atoms in total. The van der Waals surface area contributed by atoms with Crippen molar-refractivity contribution in [1.82, 2.24) is 0 Å². The quantitative estimate of drug-likeness (QED) is 0.236. The molecule has 0 amide bonds. The Hall–Kier alpha value is -1.31. The molecule has 1 aliphatic carbocycles. The molecule has 0 spiro atoms. The normalized spacial score (nSPS) is 25.8. The van der Waals surface area contributed by atoms with Crippen molar-refractivity contribution in [2.24, 2.45) is 11.8 Å². The molecule has 0 saturated heterocycles. The van der Waals surface area contributed by atoms with Crippen LogP contribution in [0.2, 0.25) is 5.02 Å². The molecule has 29 heavy (non-hydrogen) atoms. The number of rotatable bonds is 11. The lowest BCUT2D eigenvalue weighted by Crippen LogP contribution is -2.20. The number of carboxylic acids is 1. The van der Waals surface area contributed by atoms with Crippen LogP contribution in [0.3, 0.4) is 0 Å². The number of carbonyl (C=O) groups is 1. The Morgan fingerprint density at radius 3 is 2.62 bits per heavy atom. The smallest absolute Gasteiger partial charge is 0.303 e. The van der Waals surface area contributed by atoms with Gasteiger partial charge in [0, 0.05) is 34.4 Å². The number of benzene rings is 1. The molecule has 0 radical (unpaired) electrons. The summed E-state index contributed by atoms with van der Waals surface area (Å²) in [5.74, 6) is -0.653. The van der Waals surface area contributed by atoms with E-state index in [-0.39, 0.29) is 18.3 Å². The van der Waals surface area contributed by atoms with Crippen LogP contribution in [-0.2, 0) is 4.79 Å². The number of carboxylic acid groups (broad SMARTS) is 1. The van der Waals surface area contributed by atoms with E-state index in [9.17, 15) is 20.1 Å². The van der Waals surface area contributed by atoms with Crippen molar-refractivity contribution in [3.05, 3.63) is 53.6 Å². The fraction of sp³-hybridized carbons (Fsp3) is 0.500. The van der Waals surface area contributed by atoms with Crippen molar-refractivity contribution >= 4 is 29.3 Å². The van der Waals surface area contributed by atoms with Gasteiger partial charge in [-0.3, -0.25) is 4.79 Å². The average molecular weight is 441 g/mol. The molecule has 3 unspecified atom stereocenters. The van der Waals surface area contributed by atoms with E-state index in [2.05, 4.69) is 0 Å². The van der Waals surface area contributed by atoms with Crippen molar-refractivity contribution < 1.29 is 25.2 Å². The second-order valence-corrected chi connectivity index (χ2v) is 8.85. The van der Waals surface area contributed by atoms with Gasteiger partial charge in [-0.1, -0.05) is 35.9 Å². The highest BCUT2D eigenvalue weighted by Crippen LogP contribution is 2.36. The summed E-state index contributed by atoms with van der Waals surface area (Å²) >= 11 is 7.39. The van der Waals surface area contributed by atoms with E-state index in [1.165, 1.54) is 11.8 Å². The predicted octanol–water partition coefficient (Wildman–Crippen LogP) is 3.91. The summed E-state index contributed by atoms with van der Waals surface area (Å²) in [5, 5.41) is 40.1. The minimum Gasteiger partial charge on any atom is -0.481 e. The maximum absolute atomic E-state index is 10.5. The molecule has 1 aromatic rings. The van der Waals surface area contributed by atoms with Crippen LogP contribution in [0.4, 0.5) is 0 Å². The zero-order valence-corrected chi connectivity index (χ0v) is 17.8. The van der Waals surface area contributed by atoms with Gasteiger partial charge in [0.05, 0.1) is 18.3 Å². The van der Waals surface area contributed by atoms with E-state index in [0.717, 1.165) is 4.90 Å². The van der Waals surface area contributed by atoms with Crippen molar-refractivity contribution in [3.63, 3.8) is 0 Å². The first-order valence-corrected chi connectivity index (χ1v) is 11.2. The molecule has 0 bridgehead atoms. The second-order valence-electron chi connectivity index (χ2n) is 7.32. The molecule has 1 saturated carbocycles. The van der Waals surface area contributed by atoms with Crippen LogP contribution >= 0.6 is 23.4 Å². The Bertz CT molecular complexity index is 691. The molecule has 0 heterocycles. The van der Waals surface area contributed by atoms with Crippen LogP contribution in [0.25, 0.3) is 0 Å². The molecule has 4 N–H and O–H groups in total. The third kappa shape index (κ3) is 8.52. The number of aliphatic hydroxyl groups excluding tert-OH is 3. The van der Waals surface area contributed by atoms with Gasteiger partial charge in [0.15, 0.2) is 0 Å². The molecular weight excluding hydrogens is 412 g/mol. The Morgan fingerprint density at radius 2 is 1.93 bits per heavy atom. The largest absolute Gasteiger partial charge is 0.481 e. The molecule has 160 valence electrons. The molecule has 1 fully saturated rings. The third-order valence-corrected chi connectivity index (χ3v) is 6.41. The fourth-order valence-corrected chi connectivity index (χ4v) is 4.40. The Kier molecular flexibility index (Phi) is 10.2. The van der Waals surface area contributed by atoms with Crippen LogP contribution < -0.4 is 0 Å². The standard InChI is InChI=1S/C22H29ClO5S/c23-15-7-10-17(11-8-15)29-14-16(24)9-12-19-18(20(25)13-21(19)26)5-3-1-2-4-6-22(27)28/h1,3,7-12,16,18-21,24-26H,2,4-6,13-14H2,(H,27,28)/b3-1-,12-9+/t16-,18?,19-,20?,21?/m1/s1. The van der Waals surface area contributed by atoms with Gasteiger partial charge in [0.25, 0.3) is 0 Å². The second kappa shape index (κ2) is 12.4. The predicted molar refractivity (Wildman–Crippen MR) is 116 cm³/mol. The Morgan fingerprint density at radius 1 is 1.21 bits per heavy atom. The summed E-state index contributed by atoms with van der Waals surface area (Å²) < 4.78 is 0. The van der Waals surface area contributed by atoms with Crippen LogP contribution in [0, 0.1) is 11.8 Å². The van der Waals surface area contributed by atoms with Gasteiger partial charge in [-0.25, -0.2) is 0 Å². The van der Waals surface area contributed by atoms with Gasteiger partial charge >= 0.3 is 5.97 Å². The highest BCUT2D eigenvalue weighted by atomic mass is 35.5. The lowest BCUT2D eigenvalue weighted by molar-refractivity contribution is -0.137. The summed E-state index contributed by atoms with van der Waals surface area (Å²) in [6.07, 6.45) is 7.83. The van der Waals surface area contributed by atoms with Crippen molar-refractivity contribution in [1.29, 1.82) is 0 Å². The van der Waals surface area contributed by atoms with Gasteiger partial charge in [-0.2, -0.15) is 0 Å². The highest BCUT2D eigenvalue weighted by molar-refractivity contribution is 7.99. The number of halogens is 1. The zero-order valence-electron chi connectivity index (χ0n) is 16.2. The number of unbranched alkanes of at least 4 members (excludes halogenated alkanes) is 1. The first-order chi connectivity index (χ1) is 13.9. The molecule has 1 aromatic carbocycles. The Labute approximate surface area is 181 Å². The van der Waals surface area contributed by atoms with Crippen molar-refractivity contribution in [2.45, 2.75) is 55.3 Å². The van der Waals surface area contributed by atoms with E-state index >= 15 is 0 Å². The van der Waals surface area contributed by atoms with Crippen molar-refractivity contribution in [2.75, 3.05) is 5.75 Å². The average Bonchev–Trinajstić information content (AvgIpc) is 2.94. The molecule has 2 rings (SSSR count). The summed E-state index contributed by atoms with van der Waals surface area (Å²) in [7, 11) is 0. The first kappa shape index (κ1) is 24.0. The monoisotopic (exact) mass is 440 g/mol. The van der Waals surface area contributed by atoms with Crippen LogP contribution in [-0.4, -0.2) is 50.5 Å². The highest BCUT2D eigenvalue weighted by Gasteiger charge is 2.39. The van der Waals surface area contributed by atoms with Crippen molar-refractivity contribution in [3.8, 4) is 0 Å². The number of aliphatic carboxylic acids is 1. The van der Waals surface area contributed by atoms with E-state index in [1.54, 1.807) is 6.08 Å². The molecule has 5 atom stereocenters. The van der Waals surface area contributed by atoms with E-state index in [0.29, 0.717) is 36.5 Å². The minimum absolute atomic E-state index is 0.118. The molecule has 0 aromatic heterocycles. The molecule has 1 aliphatic rings. The lowest BCUT2D eigenvalue weighted by atomic mass is 9.89. The molecular formula is C22H29ClO5S. The maximum atomic E-state index is 10.5. The number of allylic oxidation sites excluding steroid dienone is 2. The summed E-state index contributed by atoms with van der Waals surface area (Å²) in [6.45, 7) is 0. The van der Waals surface area contributed by atoms with Gasteiger partial charge < -0.3 is 20.4 Å². The first-order valence-electron chi connectivity index (χ1n) is 9.84. The summed E-state index contributed by atoms with van der Waals surface area (Å²) in [5.41, 5.74) is 0. The zero-order chi connectivity index (χ0) is 21.2. The van der Waals surface area contributed by atoms with Gasteiger partial charge in [0.2, 0.25) is 0 Å². The van der Waals surface area contributed by atoms with E-state index < -0.39 is 24.3 Å². The number of aliphatic hydroxyl groups is 3. The SMILES string of the molecule is O=C(O)CCC/C=C\CC1C(O)CC(O)[C@@H]1/C=C/[C@@H](O)CSc1ccc(Cl)cc1. The van der Waals surface area contributed by atoms with Gasteiger partial charge in [0.1, 0.15) is 0 Å². The maximum Gasteiger partial charge on any atom is 0.303 e. The number of hydrogen-bond donors (Lipinski definition) is 4. The van der Waals surface area contributed by atoms with Gasteiger partial charge in [-0.15, -0.1) is 11.8 Å². The molecule has 7 heteroatoms. The number of hydrogen-bond acceptors (Lipinski definition) is 5. The van der Waals surface area contributed by atoms with Crippen LogP contribution in [0.15, 0.2) is 53.5 Å². The summed E-state index contributed by atoms with van der Waals surface area (Å²) in [4.78, 5) is 11.5. The lowest BCUT2D eigenvalue weighted by Gasteiger charge is -2.19. The summed E-state index contributed by atoms with van der Waals surface area (Å²) in [6, 6.07) is 7.42. The fourth-order valence-electron chi connectivity index (χ4n) is 3.47. The minimum atomic E-state index is -0.800. The Balaban J connectivity index is 1.82. The van der Waals surface area contributed by atoms with Gasteiger partial charge in [-0.05, 0) is 49.4 Å². The topological polar surface area (TPSA) is 98.0 Å². The van der Waals surface area contributed by atoms with Crippen LogP contribution in [0.1, 0.15) is 32.1 Å². The third-order valence-electron chi connectivity index (χ3n) is 5.04. The van der Waals surface area contributed by atoms with E-state index in [1.807, 2.05) is 42.5 Å². The molecule has 0 aliphatic heterocycles. The van der Waals surface area contributed by atoms with E-state index in [4.69, 9.17) is 16.7 Å². The van der Waals surface area contributed by atoms with Crippen LogP contribution in [0.5, 0.6) is 0 Å². The number of thioether (sulfide) groups is 1.